The smallest absolute Gasteiger partial charge is 0.265 e. The number of carbonyl (C=O) groups excluding carboxylic acids is 2. The Balaban J connectivity index is 1.33. The number of aromatic nitrogens is 1. The van der Waals surface area contributed by atoms with Crippen LogP contribution in [-0.4, -0.2) is 16.8 Å². The van der Waals surface area contributed by atoms with Crippen LogP contribution in [0, 0.1) is 0 Å². The van der Waals surface area contributed by atoms with Crippen LogP contribution in [0.4, 0.5) is 5.69 Å². The van der Waals surface area contributed by atoms with Crippen molar-refractivity contribution in [2.75, 3.05) is 4.90 Å². The number of hydrogen-bond acceptors (Lipinski definition) is 5. The normalized spacial score (nSPS) is 13.3. The third-order valence-corrected chi connectivity index (χ3v) is 8.14. The van der Waals surface area contributed by atoms with Crippen molar-refractivity contribution in [1.82, 2.24) is 4.98 Å². The van der Waals surface area contributed by atoms with E-state index in [-0.39, 0.29) is 11.8 Å². The molecule has 1 aliphatic heterocycles. The minimum atomic E-state index is -0.300. The fraction of sp³-hybridized carbons (Fsp3) is 0.0385. The van der Waals surface area contributed by atoms with Crippen molar-refractivity contribution in [3.8, 4) is 0 Å². The summed E-state index contributed by atoms with van der Waals surface area (Å²) in [5, 5.41) is 2.34. The molecule has 0 atom stereocenters. The van der Waals surface area contributed by atoms with Crippen molar-refractivity contribution in [2.24, 2.45) is 0 Å². The van der Waals surface area contributed by atoms with E-state index in [1.807, 2.05) is 60.7 Å². The Morgan fingerprint density at radius 1 is 0.879 bits per heavy atom. The molecule has 0 saturated heterocycles. The Kier molecular flexibility index (Phi) is 4.94. The number of anilines is 1. The van der Waals surface area contributed by atoms with Gasteiger partial charge >= 0.3 is 0 Å². The quantitative estimate of drug-likeness (QED) is 0.199. The van der Waals surface area contributed by atoms with Gasteiger partial charge in [0, 0.05) is 27.3 Å². The van der Waals surface area contributed by atoms with Crippen LogP contribution in [0.1, 0.15) is 26.3 Å². The standard InChI is InChI=1S/C26H15ClN2O2S2/c27-17-9-7-15(8-10-17)14-32-26-28-21-12-11-18(13-22(21)33-26)29-24(30)19-5-1-3-16-4-2-6-20(23(16)19)25(29)31/h1-13H,14H2. The van der Waals surface area contributed by atoms with Gasteiger partial charge in [0.1, 0.15) is 0 Å². The number of thioether (sulfide) groups is 1. The summed E-state index contributed by atoms with van der Waals surface area (Å²) >= 11 is 9.17. The largest absolute Gasteiger partial charge is 0.268 e. The number of halogens is 1. The number of imide groups is 1. The average molecular weight is 487 g/mol. The molecule has 7 heteroatoms. The fourth-order valence-electron chi connectivity index (χ4n) is 4.08. The number of carbonyl (C=O) groups is 2. The molecule has 5 aromatic rings. The lowest BCUT2D eigenvalue weighted by molar-refractivity contribution is 0.0893. The third kappa shape index (κ3) is 3.51. The highest BCUT2D eigenvalue weighted by molar-refractivity contribution is 8.00. The van der Waals surface area contributed by atoms with E-state index in [0.717, 1.165) is 36.1 Å². The van der Waals surface area contributed by atoms with Gasteiger partial charge in [0.25, 0.3) is 11.8 Å². The van der Waals surface area contributed by atoms with E-state index in [1.54, 1.807) is 41.3 Å². The molecule has 4 aromatic carbocycles. The molecule has 2 amide bonds. The molecule has 2 heterocycles. The van der Waals surface area contributed by atoms with Gasteiger partial charge in [0.05, 0.1) is 15.9 Å². The molecule has 4 nitrogen and oxygen atoms in total. The number of amides is 2. The van der Waals surface area contributed by atoms with Crippen molar-refractivity contribution in [3.05, 3.63) is 101 Å². The first-order valence-electron chi connectivity index (χ1n) is 10.3. The van der Waals surface area contributed by atoms with E-state index in [9.17, 15) is 9.59 Å². The molecule has 6 rings (SSSR count). The van der Waals surface area contributed by atoms with Crippen molar-refractivity contribution >= 4 is 73.2 Å². The third-order valence-electron chi connectivity index (χ3n) is 5.66. The Morgan fingerprint density at radius 3 is 2.27 bits per heavy atom. The highest BCUT2D eigenvalue weighted by atomic mass is 35.5. The van der Waals surface area contributed by atoms with Gasteiger partial charge in [-0.3, -0.25) is 9.59 Å². The molecule has 0 aliphatic carbocycles. The molecule has 0 unspecified atom stereocenters. The molecular weight excluding hydrogens is 472 g/mol. The summed E-state index contributed by atoms with van der Waals surface area (Å²) in [4.78, 5) is 32.6. The lowest BCUT2D eigenvalue weighted by Crippen LogP contribution is -2.40. The van der Waals surface area contributed by atoms with Crippen LogP contribution in [0.3, 0.4) is 0 Å². The molecule has 160 valence electrons. The van der Waals surface area contributed by atoms with Crippen LogP contribution in [0.5, 0.6) is 0 Å². The lowest BCUT2D eigenvalue weighted by atomic mass is 9.94. The van der Waals surface area contributed by atoms with Gasteiger partial charge in [-0.2, -0.15) is 0 Å². The van der Waals surface area contributed by atoms with Crippen molar-refractivity contribution in [1.29, 1.82) is 0 Å². The number of thiazole rings is 1. The molecule has 0 radical (unpaired) electrons. The summed E-state index contributed by atoms with van der Waals surface area (Å²) in [6.07, 6.45) is 0. The summed E-state index contributed by atoms with van der Waals surface area (Å²) in [7, 11) is 0. The zero-order valence-corrected chi connectivity index (χ0v) is 19.5. The van der Waals surface area contributed by atoms with E-state index in [1.165, 1.54) is 10.5 Å². The first kappa shape index (κ1) is 20.4. The Morgan fingerprint density at radius 2 is 1.58 bits per heavy atom. The van der Waals surface area contributed by atoms with Gasteiger partial charge in [-0.15, -0.1) is 11.3 Å². The maximum absolute atomic E-state index is 13.3. The maximum atomic E-state index is 13.3. The summed E-state index contributed by atoms with van der Waals surface area (Å²) < 4.78 is 1.87. The average Bonchev–Trinajstić information content (AvgIpc) is 3.24. The van der Waals surface area contributed by atoms with Gasteiger partial charge in [0.2, 0.25) is 0 Å². The molecular formula is C26H15ClN2O2S2. The molecule has 0 bridgehead atoms. The highest BCUT2D eigenvalue weighted by Gasteiger charge is 2.34. The van der Waals surface area contributed by atoms with Crippen molar-refractivity contribution in [3.63, 3.8) is 0 Å². The van der Waals surface area contributed by atoms with Crippen LogP contribution in [0.25, 0.3) is 21.0 Å². The van der Waals surface area contributed by atoms with E-state index < -0.39 is 0 Å². The van der Waals surface area contributed by atoms with Gasteiger partial charge in [-0.25, -0.2) is 9.88 Å². The van der Waals surface area contributed by atoms with Crippen molar-refractivity contribution < 1.29 is 9.59 Å². The van der Waals surface area contributed by atoms with Crippen LogP contribution < -0.4 is 4.90 Å². The van der Waals surface area contributed by atoms with Gasteiger partial charge < -0.3 is 0 Å². The maximum Gasteiger partial charge on any atom is 0.265 e. The second-order valence-electron chi connectivity index (χ2n) is 7.70. The minimum Gasteiger partial charge on any atom is -0.268 e. The van der Waals surface area contributed by atoms with Gasteiger partial charge in [-0.1, -0.05) is 59.8 Å². The molecule has 0 spiro atoms. The first-order valence-corrected chi connectivity index (χ1v) is 12.4. The SMILES string of the molecule is O=C1c2cccc3cccc(c23)C(=O)N1c1ccc2nc(SCc3ccc(Cl)cc3)sc2c1. The van der Waals surface area contributed by atoms with E-state index in [0.29, 0.717) is 16.8 Å². The van der Waals surface area contributed by atoms with Crippen LogP contribution in [-0.2, 0) is 5.75 Å². The second kappa shape index (κ2) is 7.99. The first-order chi connectivity index (χ1) is 16.1. The predicted molar refractivity (Wildman–Crippen MR) is 136 cm³/mol. The Hall–Kier alpha value is -3.19. The van der Waals surface area contributed by atoms with Crippen molar-refractivity contribution in [2.45, 2.75) is 10.1 Å². The lowest BCUT2D eigenvalue weighted by Gasteiger charge is -2.27. The summed E-state index contributed by atoms with van der Waals surface area (Å²) in [5.41, 5.74) is 3.67. The van der Waals surface area contributed by atoms with E-state index in [2.05, 4.69) is 0 Å². The zero-order chi connectivity index (χ0) is 22.5. The number of nitrogens with zero attached hydrogens (tertiary/aromatic N) is 2. The molecule has 1 aliphatic rings. The van der Waals surface area contributed by atoms with Crippen LogP contribution >= 0.6 is 34.7 Å². The molecule has 0 saturated carbocycles. The number of fused-ring (bicyclic) bond motifs is 1. The topological polar surface area (TPSA) is 50.3 Å². The molecule has 0 N–H and O–H groups in total. The van der Waals surface area contributed by atoms with Crippen LogP contribution in [0.15, 0.2) is 83.2 Å². The monoisotopic (exact) mass is 486 g/mol. The van der Waals surface area contributed by atoms with E-state index in [4.69, 9.17) is 16.6 Å². The highest BCUT2D eigenvalue weighted by Crippen LogP contribution is 2.37. The number of benzene rings is 4. The molecule has 33 heavy (non-hydrogen) atoms. The predicted octanol–water partition coefficient (Wildman–Crippen LogP) is 7.20. The zero-order valence-electron chi connectivity index (χ0n) is 17.1. The fourth-order valence-corrected chi connectivity index (χ4v) is 6.27. The molecule has 1 aromatic heterocycles. The summed E-state index contributed by atoms with van der Waals surface area (Å²) in [5.74, 6) is 0.185. The Bertz CT molecular complexity index is 1530. The second-order valence-corrected chi connectivity index (χ2v) is 10.4. The number of rotatable bonds is 4. The Labute approximate surface area is 202 Å². The number of hydrogen-bond donors (Lipinski definition) is 0. The molecule has 0 fully saturated rings. The van der Waals surface area contributed by atoms with Crippen LogP contribution in [0.2, 0.25) is 5.02 Å². The minimum absolute atomic E-state index is 0.300. The summed E-state index contributed by atoms with van der Waals surface area (Å²) in [6, 6.07) is 24.4. The van der Waals surface area contributed by atoms with E-state index >= 15 is 0 Å². The van der Waals surface area contributed by atoms with Gasteiger partial charge in [-0.05, 0) is 53.4 Å². The van der Waals surface area contributed by atoms with Gasteiger partial charge in [0.15, 0.2) is 4.34 Å². The summed E-state index contributed by atoms with van der Waals surface area (Å²) in [6.45, 7) is 0.